The standard InChI is InChI=1S/C23H31NO2/c1-6-9-20-14-19(15-22(25-8-3)23(20)26-12-7-2)16-24-21-11-10-17(4)13-18(21)5/h6,10-11,13-15,24H,1,7-9,12,16H2,2-5H3. The number of allylic oxidation sites excluding steroid dienone is 1. The van der Waals surface area contributed by atoms with Crippen LogP contribution in [-0.2, 0) is 13.0 Å². The average Bonchev–Trinajstić information content (AvgIpc) is 2.61. The maximum atomic E-state index is 5.98. The summed E-state index contributed by atoms with van der Waals surface area (Å²) < 4.78 is 11.8. The van der Waals surface area contributed by atoms with Gasteiger partial charge in [0.25, 0.3) is 0 Å². The molecule has 3 heteroatoms. The summed E-state index contributed by atoms with van der Waals surface area (Å²) in [5.74, 6) is 1.67. The van der Waals surface area contributed by atoms with E-state index in [1.54, 1.807) is 0 Å². The van der Waals surface area contributed by atoms with Gasteiger partial charge >= 0.3 is 0 Å². The average molecular weight is 354 g/mol. The van der Waals surface area contributed by atoms with E-state index in [4.69, 9.17) is 9.47 Å². The number of ether oxygens (including phenoxy) is 2. The third kappa shape index (κ3) is 5.29. The Morgan fingerprint density at radius 2 is 1.88 bits per heavy atom. The molecule has 0 atom stereocenters. The Kier molecular flexibility index (Phi) is 7.58. The molecule has 0 unspecified atom stereocenters. The zero-order chi connectivity index (χ0) is 18.9. The zero-order valence-electron chi connectivity index (χ0n) is 16.5. The van der Waals surface area contributed by atoms with Gasteiger partial charge in [0, 0.05) is 17.8 Å². The van der Waals surface area contributed by atoms with Gasteiger partial charge in [-0.05, 0) is 62.9 Å². The van der Waals surface area contributed by atoms with Gasteiger partial charge in [-0.1, -0.05) is 30.7 Å². The van der Waals surface area contributed by atoms with Crippen LogP contribution in [0.15, 0.2) is 43.0 Å². The Bertz CT molecular complexity index is 737. The Morgan fingerprint density at radius 3 is 2.54 bits per heavy atom. The highest BCUT2D eigenvalue weighted by molar-refractivity contribution is 5.54. The van der Waals surface area contributed by atoms with Crippen LogP contribution in [-0.4, -0.2) is 13.2 Å². The van der Waals surface area contributed by atoms with E-state index in [9.17, 15) is 0 Å². The van der Waals surface area contributed by atoms with Crippen molar-refractivity contribution >= 4 is 5.69 Å². The molecule has 1 N–H and O–H groups in total. The maximum absolute atomic E-state index is 5.98. The first kappa shape index (κ1) is 19.9. The van der Waals surface area contributed by atoms with Crippen molar-refractivity contribution in [2.24, 2.45) is 0 Å². The van der Waals surface area contributed by atoms with Crippen LogP contribution in [0.4, 0.5) is 5.69 Å². The molecular formula is C23H31NO2. The van der Waals surface area contributed by atoms with Crippen molar-refractivity contribution in [3.8, 4) is 11.5 Å². The van der Waals surface area contributed by atoms with Crippen molar-refractivity contribution in [3.63, 3.8) is 0 Å². The van der Waals surface area contributed by atoms with E-state index in [-0.39, 0.29) is 0 Å². The van der Waals surface area contributed by atoms with E-state index in [1.807, 2.05) is 13.0 Å². The first-order valence-electron chi connectivity index (χ1n) is 9.42. The smallest absolute Gasteiger partial charge is 0.164 e. The fourth-order valence-electron chi connectivity index (χ4n) is 2.97. The number of benzene rings is 2. The lowest BCUT2D eigenvalue weighted by Gasteiger charge is -2.18. The molecule has 0 aliphatic carbocycles. The summed E-state index contributed by atoms with van der Waals surface area (Å²) >= 11 is 0. The van der Waals surface area contributed by atoms with Crippen LogP contribution in [0.1, 0.15) is 42.5 Å². The van der Waals surface area contributed by atoms with E-state index in [0.717, 1.165) is 42.1 Å². The van der Waals surface area contributed by atoms with E-state index in [2.05, 4.69) is 63.0 Å². The monoisotopic (exact) mass is 353 g/mol. The van der Waals surface area contributed by atoms with Crippen molar-refractivity contribution < 1.29 is 9.47 Å². The van der Waals surface area contributed by atoms with Gasteiger partial charge < -0.3 is 14.8 Å². The molecule has 0 fully saturated rings. The van der Waals surface area contributed by atoms with E-state index in [0.29, 0.717) is 13.2 Å². The molecule has 0 saturated carbocycles. The Morgan fingerprint density at radius 1 is 1.08 bits per heavy atom. The molecule has 140 valence electrons. The predicted octanol–water partition coefficient (Wildman–Crippen LogP) is 5.83. The molecule has 2 aromatic carbocycles. The third-order valence-corrected chi connectivity index (χ3v) is 4.17. The van der Waals surface area contributed by atoms with Crippen LogP contribution in [0.25, 0.3) is 0 Å². The van der Waals surface area contributed by atoms with Crippen LogP contribution in [0.5, 0.6) is 11.5 Å². The second kappa shape index (κ2) is 9.91. The molecule has 0 aliphatic heterocycles. The van der Waals surface area contributed by atoms with Crippen LogP contribution < -0.4 is 14.8 Å². The van der Waals surface area contributed by atoms with Crippen LogP contribution in [0, 0.1) is 13.8 Å². The van der Waals surface area contributed by atoms with Gasteiger partial charge in [0.05, 0.1) is 13.2 Å². The molecule has 0 heterocycles. The zero-order valence-corrected chi connectivity index (χ0v) is 16.5. The molecule has 0 radical (unpaired) electrons. The molecule has 0 spiro atoms. The highest BCUT2D eigenvalue weighted by atomic mass is 16.5. The molecule has 0 saturated heterocycles. The Labute approximate surface area is 158 Å². The number of aryl methyl sites for hydroxylation is 2. The number of hydrogen-bond donors (Lipinski definition) is 1. The molecule has 2 aromatic rings. The van der Waals surface area contributed by atoms with Gasteiger partial charge in [-0.3, -0.25) is 0 Å². The summed E-state index contributed by atoms with van der Waals surface area (Å²) in [6, 6.07) is 10.7. The topological polar surface area (TPSA) is 30.5 Å². The SMILES string of the molecule is C=CCc1cc(CNc2ccc(C)cc2C)cc(OCC)c1OCCC. The highest BCUT2D eigenvalue weighted by Crippen LogP contribution is 2.34. The molecule has 26 heavy (non-hydrogen) atoms. The van der Waals surface area contributed by atoms with Crippen LogP contribution in [0.2, 0.25) is 0 Å². The van der Waals surface area contributed by atoms with E-state index >= 15 is 0 Å². The van der Waals surface area contributed by atoms with E-state index < -0.39 is 0 Å². The largest absolute Gasteiger partial charge is 0.490 e. The van der Waals surface area contributed by atoms with Crippen molar-refractivity contribution in [2.45, 2.75) is 47.1 Å². The van der Waals surface area contributed by atoms with Gasteiger partial charge in [-0.2, -0.15) is 0 Å². The summed E-state index contributed by atoms with van der Waals surface area (Å²) in [7, 11) is 0. The van der Waals surface area contributed by atoms with Gasteiger partial charge in [0.2, 0.25) is 0 Å². The number of rotatable bonds is 10. The molecule has 0 bridgehead atoms. The molecule has 2 rings (SSSR count). The van der Waals surface area contributed by atoms with Gasteiger partial charge in [0.1, 0.15) is 0 Å². The van der Waals surface area contributed by atoms with Gasteiger partial charge in [0.15, 0.2) is 11.5 Å². The minimum Gasteiger partial charge on any atom is -0.490 e. The van der Waals surface area contributed by atoms with Crippen molar-refractivity contribution in [3.05, 3.63) is 65.2 Å². The lowest BCUT2D eigenvalue weighted by atomic mass is 10.0. The fourth-order valence-corrected chi connectivity index (χ4v) is 2.97. The summed E-state index contributed by atoms with van der Waals surface area (Å²) in [6.07, 6.45) is 3.64. The number of hydrogen-bond acceptors (Lipinski definition) is 3. The predicted molar refractivity (Wildman–Crippen MR) is 111 cm³/mol. The quantitative estimate of drug-likeness (QED) is 0.545. The van der Waals surface area contributed by atoms with Crippen LogP contribution in [0.3, 0.4) is 0 Å². The van der Waals surface area contributed by atoms with Crippen molar-refractivity contribution in [1.29, 1.82) is 0 Å². The third-order valence-electron chi connectivity index (χ3n) is 4.17. The second-order valence-corrected chi connectivity index (χ2v) is 6.53. The van der Waals surface area contributed by atoms with Crippen LogP contribution >= 0.6 is 0 Å². The number of anilines is 1. The molecule has 0 aromatic heterocycles. The highest BCUT2D eigenvalue weighted by Gasteiger charge is 2.13. The van der Waals surface area contributed by atoms with Crippen molar-refractivity contribution in [1.82, 2.24) is 0 Å². The molecule has 3 nitrogen and oxygen atoms in total. The van der Waals surface area contributed by atoms with Gasteiger partial charge in [-0.25, -0.2) is 0 Å². The minimum absolute atomic E-state index is 0.615. The van der Waals surface area contributed by atoms with Gasteiger partial charge in [-0.15, -0.1) is 6.58 Å². The summed E-state index contributed by atoms with van der Waals surface area (Å²) in [6.45, 7) is 14.3. The first-order valence-corrected chi connectivity index (χ1v) is 9.42. The molecule has 0 aliphatic rings. The summed E-state index contributed by atoms with van der Waals surface area (Å²) in [4.78, 5) is 0. The van der Waals surface area contributed by atoms with E-state index in [1.165, 1.54) is 16.7 Å². The summed E-state index contributed by atoms with van der Waals surface area (Å²) in [5, 5.41) is 3.54. The normalized spacial score (nSPS) is 10.5. The lowest BCUT2D eigenvalue weighted by Crippen LogP contribution is -2.06. The second-order valence-electron chi connectivity index (χ2n) is 6.53. The minimum atomic E-state index is 0.615. The lowest BCUT2D eigenvalue weighted by molar-refractivity contribution is 0.274. The summed E-state index contributed by atoms with van der Waals surface area (Å²) in [5.41, 5.74) is 5.98. The number of nitrogens with one attached hydrogen (secondary N) is 1. The molecular weight excluding hydrogens is 322 g/mol. The maximum Gasteiger partial charge on any atom is 0.164 e. The van der Waals surface area contributed by atoms with Crippen molar-refractivity contribution in [2.75, 3.05) is 18.5 Å². The Hall–Kier alpha value is -2.42. The fraction of sp³-hybridized carbons (Fsp3) is 0.391. The Balaban J connectivity index is 2.27. The molecule has 0 amide bonds. The first-order chi connectivity index (χ1) is 12.6.